The number of hydrogen-bond donors (Lipinski definition) is 0. The Balaban J connectivity index is 1.21. The molecule has 2 aromatic heterocycles. The third kappa shape index (κ3) is 4.16. The minimum atomic E-state index is 0.292. The lowest BCUT2D eigenvalue weighted by Crippen LogP contribution is -2.30. The van der Waals surface area contributed by atoms with Crippen molar-refractivity contribution in [3.8, 4) is 22.5 Å². The van der Waals surface area contributed by atoms with Gasteiger partial charge in [-0.15, -0.1) is 0 Å². The fourth-order valence-electron chi connectivity index (χ4n) is 5.65. The van der Waals surface area contributed by atoms with Gasteiger partial charge in [0, 0.05) is 42.7 Å². The van der Waals surface area contributed by atoms with Crippen molar-refractivity contribution in [2.45, 2.75) is 32.7 Å². The summed E-state index contributed by atoms with van der Waals surface area (Å²) in [4.78, 5) is 28.3. The van der Waals surface area contributed by atoms with Gasteiger partial charge in [0.2, 0.25) is 5.91 Å². The summed E-state index contributed by atoms with van der Waals surface area (Å²) in [5, 5.41) is 1.03. The Labute approximate surface area is 216 Å². The van der Waals surface area contributed by atoms with Crippen LogP contribution >= 0.6 is 0 Å². The van der Waals surface area contributed by atoms with Crippen LogP contribution in [0.1, 0.15) is 24.8 Å². The highest BCUT2D eigenvalue weighted by Gasteiger charge is 2.36. The minimum absolute atomic E-state index is 0.292. The molecule has 0 unspecified atom stereocenters. The zero-order valence-electron chi connectivity index (χ0n) is 21.0. The second-order valence-corrected chi connectivity index (χ2v) is 10.6. The van der Waals surface area contributed by atoms with Gasteiger partial charge in [-0.25, -0.2) is 15.0 Å². The largest absolute Gasteiger partial charge is 0.342 e. The highest BCUT2D eigenvalue weighted by Crippen LogP contribution is 2.34. The van der Waals surface area contributed by atoms with E-state index in [2.05, 4.69) is 81.0 Å². The molecule has 6 nitrogen and oxygen atoms in total. The van der Waals surface area contributed by atoms with Crippen LogP contribution in [0.4, 0.5) is 0 Å². The Morgan fingerprint density at radius 3 is 2.57 bits per heavy atom. The number of carbonyl (C=O) groups excluding carboxylic acids is 1. The van der Waals surface area contributed by atoms with E-state index in [1.54, 1.807) is 6.33 Å². The molecule has 3 aromatic carbocycles. The number of carbonyl (C=O) groups is 1. The van der Waals surface area contributed by atoms with Crippen molar-refractivity contribution in [2.24, 2.45) is 11.8 Å². The van der Waals surface area contributed by atoms with Crippen molar-refractivity contribution >= 4 is 27.8 Å². The molecule has 1 atom stereocenters. The van der Waals surface area contributed by atoms with Crippen LogP contribution in [0.3, 0.4) is 0 Å². The van der Waals surface area contributed by atoms with E-state index >= 15 is 0 Å². The number of rotatable bonds is 5. The maximum atomic E-state index is 12.6. The molecule has 6 heteroatoms. The summed E-state index contributed by atoms with van der Waals surface area (Å²) in [5.41, 5.74) is 7.74. The number of aryl methyl sites for hydroxylation is 1. The van der Waals surface area contributed by atoms with Crippen LogP contribution in [-0.4, -0.2) is 43.4 Å². The zero-order chi connectivity index (χ0) is 24.9. The molecule has 0 N–H and O–H groups in total. The number of imidazole rings is 1. The Morgan fingerprint density at radius 1 is 0.919 bits per heavy atom. The zero-order valence-corrected chi connectivity index (χ0v) is 21.0. The van der Waals surface area contributed by atoms with E-state index in [1.807, 2.05) is 12.3 Å². The summed E-state index contributed by atoms with van der Waals surface area (Å²) >= 11 is 0. The predicted octanol–water partition coefficient (Wildman–Crippen LogP) is 5.88. The van der Waals surface area contributed by atoms with Crippen LogP contribution in [0, 0.1) is 18.8 Å². The van der Waals surface area contributed by atoms with E-state index in [-0.39, 0.29) is 0 Å². The van der Waals surface area contributed by atoms with Gasteiger partial charge in [0.1, 0.15) is 12.2 Å². The Bertz CT molecular complexity index is 1630. The average Bonchev–Trinajstić information content (AvgIpc) is 3.58. The summed E-state index contributed by atoms with van der Waals surface area (Å²) < 4.78 is 2.37. The van der Waals surface area contributed by atoms with Gasteiger partial charge in [0.15, 0.2) is 0 Å². The van der Waals surface area contributed by atoms with Gasteiger partial charge in [-0.3, -0.25) is 4.79 Å². The first kappa shape index (κ1) is 22.2. The molecule has 3 heterocycles. The topological polar surface area (TPSA) is 63.9 Å². The molecule has 37 heavy (non-hydrogen) atoms. The molecule has 1 aliphatic carbocycles. The fraction of sp³-hybridized carbons (Fsp3) is 0.290. The molecule has 1 aliphatic heterocycles. The third-order valence-electron chi connectivity index (χ3n) is 7.85. The summed E-state index contributed by atoms with van der Waals surface area (Å²) in [6.07, 6.45) is 6.62. The van der Waals surface area contributed by atoms with Crippen LogP contribution in [0.2, 0.25) is 0 Å². The lowest BCUT2D eigenvalue weighted by molar-refractivity contribution is -0.131. The van der Waals surface area contributed by atoms with Crippen molar-refractivity contribution < 1.29 is 4.79 Å². The molecule has 2 aliphatic rings. The highest BCUT2D eigenvalue weighted by atomic mass is 16.2. The monoisotopic (exact) mass is 487 g/mol. The second-order valence-electron chi connectivity index (χ2n) is 10.6. The maximum absolute atomic E-state index is 12.6. The highest BCUT2D eigenvalue weighted by molar-refractivity contribution is 5.85. The Kier molecular flexibility index (Phi) is 5.27. The molecular formula is C31H29N5O. The van der Waals surface area contributed by atoms with Crippen molar-refractivity contribution in [3.63, 3.8) is 0 Å². The van der Waals surface area contributed by atoms with E-state index in [0.29, 0.717) is 17.7 Å². The summed E-state index contributed by atoms with van der Waals surface area (Å²) in [7, 11) is 0. The molecule has 0 bridgehead atoms. The van der Waals surface area contributed by atoms with Gasteiger partial charge in [-0.1, -0.05) is 36.4 Å². The van der Waals surface area contributed by atoms with Gasteiger partial charge in [-0.05, 0) is 73.1 Å². The van der Waals surface area contributed by atoms with E-state index in [0.717, 1.165) is 83.3 Å². The normalized spacial score (nSPS) is 17.6. The molecule has 0 radical (unpaired) electrons. The molecule has 1 saturated heterocycles. The van der Waals surface area contributed by atoms with Crippen molar-refractivity contribution in [2.75, 3.05) is 13.1 Å². The Hall–Kier alpha value is -4.06. The lowest BCUT2D eigenvalue weighted by atomic mass is 10.0. The molecule has 1 saturated carbocycles. The standard InChI is InChI=1S/C31H29N5O/c1-20-2-11-29-28(14-20)34-30(36(29)18-21-12-13-35(17-21)31(37)24-7-8-24)23-5-3-22(4-6-23)25-9-10-27-26(15-25)16-32-19-33-27/h2-6,9-11,14-16,19,21,24H,7-8,12-13,17-18H2,1H3/t21-/m1/s1. The summed E-state index contributed by atoms with van der Waals surface area (Å²) in [5.74, 6) is 2.09. The number of hydrogen-bond acceptors (Lipinski definition) is 4. The second kappa shape index (κ2) is 8.80. The SMILES string of the molecule is Cc1ccc2c(c1)nc(-c1ccc(-c3ccc4ncncc4c3)cc1)n2C[C@@H]1CCN(C(=O)C2CC2)C1. The van der Waals surface area contributed by atoms with Gasteiger partial charge in [0.05, 0.1) is 16.6 Å². The molecule has 5 aromatic rings. The molecule has 2 fully saturated rings. The van der Waals surface area contributed by atoms with E-state index in [1.165, 1.54) is 5.56 Å². The van der Waals surface area contributed by atoms with Crippen molar-refractivity contribution in [1.82, 2.24) is 24.4 Å². The quantitative estimate of drug-likeness (QED) is 0.311. The molecule has 7 rings (SSSR count). The van der Waals surface area contributed by atoms with E-state index in [4.69, 9.17) is 4.98 Å². The number of fused-ring (bicyclic) bond motifs is 2. The number of benzene rings is 3. The molecular weight excluding hydrogens is 458 g/mol. The number of amides is 1. The first-order valence-corrected chi connectivity index (χ1v) is 13.2. The van der Waals surface area contributed by atoms with Gasteiger partial charge in [0.25, 0.3) is 0 Å². The van der Waals surface area contributed by atoms with Crippen LogP contribution in [-0.2, 0) is 11.3 Å². The smallest absolute Gasteiger partial charge is 0.225 e. The van der Waals surface area contributed by atoms with Gasteiger partial charge < -0.3 is 9.47 Å². The third-order valence-corrected chi connectivity index (χ3v) is 7.85. The predicted molar refractivity (Wildman–Crippen MR) is 146 cm³/mol. The Morgan fingerprint density at radius 2 is 1.73 bits per heavy atom. The summed E-state index contributed by atoms with van der Waals surface area (Å²) in [6, 6.07) is 21.5. The fourth-order valence-corrected chi connectivity index (χ4v) is 5.65. The van der Waals surface area contributed by atoms with Gasteiger partial charge >= 0.3 is 0 Å². The first-order chi connectivity index (χ1) is 18.1. The lowest BCUT2D eigenvalue weighted by Gasteiger charge is -2.18. The van der Waals surface area contributed by atoms with Crippen LogP contribution < -0.4 is 0 Å². The molecule has 0 spiro atoms. The minimum Gasteiger partial charge on any atom is -0.342 e. The number of likely N-dealkylation sites (tertiary alicyclic amines) is 1. The average molecular weight is 488 g/mol. The number of nitrogens with zero attached hydrogens (tertiary/aromatic N) is 5. The van der Waals surface area contributed by atoms with E-state index in [9.17, 15) is 4.79 Å². The number of aromatic nitrogens is 4. The van der Waals surface area contributed by atoms with Crippen molar-refractivity contribution in [3.05, 3.63) is 78.8 Å². The van der Waals surface area contributed by atoms with Crippen LogP contribution in [0.25, 0.3) is 44.5 Å². The molecule has 184 valence electrons. The van der Waals surface area contributed by atoms with Crippen molar-refractivity contribution in [1.29, 1.82) is 0 Å². The van der Waals surface area contributed by atoms with Crippen LogP contribution in [0.5, 0.6) is 0 Å². The first-order valence-electron chi connectivity index (χ1n) is 13.2. The maximum Gasteiger partial charge on any atom is 0.225 e. The van der Waals surface area contributed by atoms with E-state index < -0.39 is 0 Å². The van der Waals surface area contributed by atoms with Crippen LogP contribution in [0.15, 0.2) is 73.2 Å². The van der Waals surface area contributed by atoms with Gasteiger partial charge in [-0.2, -0.15) is 0 Å². The molecule has 1 amide bonds. The summed E-state index contributed by atoms with van der Waals surface area (Å²) in [6.45, 7) is 4.72.